The van der Waals surface area contributed by atoms with Gasteiger partial charge >= 0.3 is 0 Å². The van der Waals surface area contributed by atoms with Gasteiger partial charge in [-0.15, -0.1) is 0 Å². The summed E-state index contributed by atoms with van der Waals surface area (Å²) in [5.41, 5.74) is 8.88. The summed E-state index contributed by atoms with van der Waals surface area (Å²) in [4.78, 5) is 23.4. The van der Waals surface area contributed by atoms with Gasteiger partial charge in [0.15, 0.2) is 0 Å². The number of hydrogen-bond acceptors (Lipinski definition) is 4. The highest BCUT2D eigenvalue weighted by Gasteiger charge is 2.19. The maximum atomic E-state index is 12.1. The normalized spacial score (nSPS) is 10.5. The van der Waals surface area contributed by atoms with Crippen molar-refractivity contribution in [3.05, 3.63) is 71.3 Å². The second-order valence-electron chi connectivity index (χ2n) is 4.93. The third kappa shape index (κ3) is 5.77. The van der Waals surface area contributed by atoms with Crippen molar-refractivity contribution in [2.75, 3.05) is 6.54 Å². The minimum atomic E-state index is -1.000. The summed E-state index contributed by atoms with van der Waals surface area (Å²) in [5, 5.41) is 11.0. The van der Waals surface area contributed by atoms with Crippen molar-refractivity contribution < 1.29 is 14.8 Å². The van der Waals surface area contributed by atoms with Crippen LogP contribution < -0.4 is 16.5 Å². The number of amides is 2. The molecule has 0 aromatic heterocycles. The molecular formula is C19H21N3O3. The van der Waals surface area contributed by atoms with Crippen LogP contribution in [0, 0.1) is 11.8 Å². The summed E-state index contributed by atoms with van der Waals surface area (Å²) in [6.45, 7) is -0.126. The maximum Gasteiger partial charge on any atom is 0.267 e. The number of nitrogens with two attached hydrogens (primary N) is 1. The molecule has 2 aromatic carbocycles. The number of carbonyl (C=O) groups excluding carboxylic acids is 2. The zero-order valence-electron chi connectivity index (χ0n) is 12.8. The molecule has 0 fully saturated rings. The van der Waals surface area contributed by atoms with Crippen molar-refractivity contribution in [2.45, 2.75) is 13.5 Å². The van der Waals surface area contributed by atoms with Gasteiger partial charge in [0.2, 0.25) is 0 Å². The highest BCUT2D eigenvalue weighted by atomic mass is 16.5. The Balaban J connectivity index is 0.00000312. The van der Waals surface area contributed by atoms with Gasteiger partial charge < -0.3 is 11.1 Å². The van der Waals surface area contributed by atoms with E-state index < -0.39 is 17.9 Å². The minimum Gasteiger partial charge on any atom is -0.339 e. The molecule has 0 bridgehead atoms. The number of hydroxylamine groups is 1. The zero-order chi connectivity index (χ0) is 17.4. The monoisotopic (exact) mass is 339 g/mol. The van der Waals surface area contributed by atoms with Crippen LogP contribution in [0.2, 0.25) is 0 Å². The lowest BCUT2D eigenvalue weighted by Gasteiger charge is -2.14. The van der Waals surface area contributed by atoms with E-state index in [-0.39, 0.29) is 14.0 Å². The first-order chi connectivity index (χ1) is 11.6. The summed E-state index contributed by atoms with van der Waals surface area (Å²) < 4.78 is 0. The number of hydrogen-bond donors (Lipinski definition) is 4. The summed E-state index contributed by atoms with van der Waals surface area (Å²) in [5.74, 6) is 4.80. The Kier molecular flexibility index (Phi) is 7.87. The molecule has 0 aliphatic heterocycles. The fourth-order valence-corrected chi connectivity index (χ4v) is 1.92. The van der Waals surface area contributed by atoms with Crippen molar-refractivity contribution in [1.82, 2.24) is 10.8 Å². The zero-order valence-corrected chi connectivity index (χ0v) is 12.8. The van der Waals surface area contributed by atoms with Crippen LogP contribution in [0.1, 0.15) is 28.9 Å². The SMILES string of the molecule is C.NC[C@H](NC(=O)c1ccc(C#Cc2ccccc2)cc1)C(=O)NO. The van der Waals surface area contributed by atoms with Crippen LogP contribution in [0.25, 0.3) is 0 Å². The van der Waals surface area contributed by atoms with E-state index in [1.165, 1.54) is 5.48 Å². The van der Waals surface area contributed by atoms with Crippen LogP contribution in [-0.2, 0) is 4.79 Å². The van der Waals surface area contributed by atoms with E-state index in [0.29, 0.717) is 5.56 Å². The number of nitrogens with one attached hydrogen (secondary N) is 2. The average molecular weight is 339 g/mol. The predicted octanol–water partition coefficient (Wildman–Crippen LogP) is 1.28. The van der Waals surface area contributed by atoms with E-state index in [1.807, 2.05) is 30.3 Å². The lowest BCUT2D eigenvalue weighted by molar-refractivity contribution is -0.130. The Labute approximate surface area is 147 Å². The topological polar surface area (TPSA) is 104 Å². The third-order valence-corrected chi connectivity index (χ3v) is 3.24. The lowest BCUT2D eigenvalue weighted by Crippen LogP contribution is -2.50. The van der Waals surface area contributed by atoms with Gasteiger partial charge in [0.25, 0.3) is 11.8 Å². The molecule has 2 rings (SSSR count). The Morgan fingerprint density at radius 3 is 2.08 bits per heavy atom. The molecule has 6 heteroatoms. The second kappa shape index (κ2) is 9.88. The third-order valence-electron chi connectivity index (χ3n) is 3.24. The van der Waals surface area contributed by atoms with Crippen molar-refractivity contribution in [3.8, 4) is 11.8 Å². The summed E-state index contributed by atoms with van der Waals surface area (Å²) in [6.07, 6.45) is 0. The number of rotatable bonds is 4. The van der Waals surface area contributed by atoms with Crippen LogP contribution in [0.5, 0.6) is 0 Å². The van der Waals surface area contributed by atoms with E-state index in [2.05, 4.69) is 17.2 Å². The summed E-state index contributed by atoms with van der Waals surface area (Å²) >= 11 is 0. The van der Waals surface area contributed by atoms with Crippen molar-refractivity contribution in [3.63, 3.8) is 0 Å². The van der Waals surface area contributed by atoms with Gasteiger partial charge in [0.1, 0.15) is 6.04 Å². The molecule has 25 heavy (non-hydrogen) atoms. The average Bonchev–Trinajstić information content (AvgIpc) is 2.64. The molecule has 6 nitrogen and oxygen atoms in total. The largest absolute Gasteiger partial charge is 0.339 e. The van der Waals surface area contributed by atoms with E-state index in [1.54, 1.807) is 24.3 Å². The Hall–Kier alpha value is -3.14. The van der Waals surface area contributed by atoms with Gasteiger partial charge in [0, 0.05) is 23.2 Å². The quantitative estimate of drug-likeness (QED) is 0.383. The number of benzene rings is 2. The molecule has 0 spiro atoms. The molecular weight excluding hydrogens is 318 g/mol. The Bertz CT molecular complexity index is 762. The molecule has 0 aliphatic rings. The first kappa shape index (κ1) is 19.9. The summed E-state index contributed by atoms with van der Waals surface area (Å²) in [7, 11) is 0. The molecule has 130 valence electrons. The Morgan fingerprint density at radius 1 is 1.00 bits per heavy atom. The van der Waals surface area contributed by atoms with Crippen LogP contribution in [0.4, 0.5) is 0 Å². The van der Waals surface area contributed by atoms with Crippen molar-refractivity contribution in [2.24, 2.45) is 5.73 Å². The molecule has 0 saturated carbocycles. The maximum absolute atomic E-state index is 12.1. The molecule has 2 aromatic rings. The van der Waals surface area contributed by atoms with Gasteiger partial charge in [-0.25, -0.2) is 5.48 Å². The molecule has 2 amide bonds. The van der Waals surface area contributed by atoms with Gasteiger partial charge in [0.05, 0.1) is 0 Å². The van der Waals surface area contributed by atoms with Crippen LogP contribution in [0.3, 0.4) is 0 Å². The lowest BCUT2D eigenvalue weighted by atomic mass is 10.1. The Morgan fingerprint density at radius 2 is 1.56 bits per heavy atom. The summed E-state index contributed by atoms with van der Waals surface area (Å²) in [6, 6.07) is 15.2. The van der Waals surface area contributed by atoms with E-state index >= 15 is 0 Å². The van der Waals surface area contributed by atoms with Gasteiger partial charge in [-0.3, -0.25) is 14.8 Å². The molecule has 0 aliphatic carbocycles. The van der Waals surface area contributed by atoms with Gasteiger partial charge in [-0.2, -0.15) is 0 Å². The molecule has 0 heterocycles. The molecule has 0 unspecified atom stereocenters. The smallest absolute Gasteiger partial charge is 0.267 e. The van der Waals surface area contributed by atoms with E-state index in [9.17, 15) is 9.59 Å². The van der Waals surface area contributed by atoms with Crippen LogP contribution >= 0.6 is 0 Å². The highest BCUT2D eigenvalue weighted by molar-refractivity contribution is 5.97. The molecule has 1 atom stereocenters. The first-order valence-electron chi connectivity index (χ1n) is 7.26. The fraction of sp³-hybridized carbons (Fsp3) is 0.158. The molecule has 0 saturated heterocycles. The van der Waals surface area contributed by atoms with Crippen molar-refractivity contribution >= 4 is 11.8 Å². The van der Waals surface area contributed by atoms with Crippen LogP contribution in [-0.4, -0.2) is 29.6 Å². The molecule has 0 radical (unpaired) electrons. The van der Waals surface area contributed by atoms with Gasteiger partial charge in [-0.05, 0) is 36.4 Å². The fourth-order valence-electron chi connectivity index (χ4n) is 1.92. The van der Waals surface area contributed by atoms with Gasteiger partial charge in [-0.1, -0.05) is 37.5 Å². The van der Waals surface area contributed by atoms with Crippen molar-refractivity contribution in [1.29, 1.82) is 0 Å². The second-order valence-corrected chi connectivity index (χ2v) is 4.93. The predicted molar refractivity (Wildman–Crippen MR) is 95.8 cm³/mol. The van der Waals surface area contributed by atoms with E-state index in [0.717, 1.165) is 11.1 Å². The minimum absolute atomic E-state index is 0. The highest BCUT2D eigenvalue weighted by Crippen LogP contribution is 2.05. The standard InChI is InChI=1S/C18H17N3O3.CH4/c19-12-16(18(23)21-24)20-17(22)15-10-8-14(9-11-15)7-6-13-4-2-1-3-5-13;/h1-5,8-11,16,24H,12,19H2,(H,20,22)(H,21,23);1H4/t16-;/m0./s1. The number of carbonyl (C=O) groups is 2. The van der Waals surface area contributed by atoms with E-state index in [4.69, 9.17) is 10.9 Å². The first-order valence-corrected chi connectivity index (χ1v) is 7.26. The molecule has 5 N–H and O–H groups in total. The van der Waals surface area contributed by atoms with Crippen LogP contribution in [0.15, 0.2) is 54.6 Å².